The summed E-state index contributed by atoms with van der Waals surface area (Å²) < 4.78 is 0. The first-order chi connectivity index (χ1) is 5.25. The monoisotopic (exact) mass is 154 g/mol. The van der Waals surface area contributed by atoms with Gasteiger partial charge in [-0.05, 0) is 12.3 Å². The van der Waals surface area contributed by atoms with Crippen LogP contribution in [0.15, 0.2) is 0 Å². The second-order valence-corrected chi connectivity index (χ2v) is 3.63. The van der Waals surface area contributed by atoms with Crippen LogP contribution in [0.4, 0.5) is 0 Å². The summed E-state index contributed by atoms with van der Waals surface area (Å²) in [5.41, 5.74) is 0. The lowest BCUT2D eigenvalue weighted by Gasteiger charge is -2.30. The van der Waals surface area contributed by atoms with Gasteiger partial charge >= 0.3 is 0 Å². The Morgan fingerprint density at radius 3 is 3.00 bits per heavy atom. The van der Waals surface area contributed by atoms with Crippen molar-refractivity contribution in [1.82, 2.24) is 10.2 Å². The standard InChI is InChI=1S/C8H14N2O/c1-6(11)10-4-7-2-8(5-10)9-3-7/h7-9H,2-5H2,1H3/t7-,8-/m1/s1. The molecule has 0 aliphatic carbocycles. The molecule has 3 heteroatoms. The van der Waals surface area contributed by atoms with Crippen LogP contribution in [0.25, 0.3) is 0 Å². The molecular weight excluding hydrogens is 140 g/mol. The Morgan fingerprint density at radius 1 is 1.55 bits per heavy atom. The number of nitrogens with one attached hydrogen (secondary N) is 1. The zero-order valence-corrected chi connectivity index (χ0v) is 6.84. The number of hydrogen-bond donors (Lipinski definition) is 1. The van der Waals surface area contributed by atoms with E-state index in [1.807, 2.05) is 4.90 Å². The minimum atomic E-state index is 0.225. The summed E-state index contributed by atoms with van der Waals surface area (Å²) in [7, 11) is 0. The first kappa shape index (κ1) is 7.10. The van der Waals surface area contributed by atoms with Gasteiger partial charge in [-0.3, -0.25) is 4.79 Å². The van der Waals surface area contributed by atoms with Crippen molar-refractivity contribution in [3.05, 3.63) is 0 Å². The van der Waals surface area contributed by atoms with Gasteiger partial charge in [-0.2, -0.15) is 0 Å². The molecule has 0 aromatic heterocycles. The second kappa shape index (κ2) is 2.48. The highest BCUT2D eigenvalue weighted by Gasteiger charge is 2.33. The molecule has 0 radical (unpaired) electrons. The van der Waals surface area contributed by atoms with E-state index in [9.17, 15) is 4.79 Å². The van der Waals surface area contributed by atoms with E-state index in [2.05, 4.69) is 5.32 Å². The summed E-state index contributed by atoms with van der Waals surface area (Å²) in [5, 5.41) is 3.41. The minimum absolute atomic E-state index is 0.225. The second-order valence-electron chi connectivity index (χ2n) is 3.63. The fourth-order valence-corrected chi connectivity index (χ4v) is 2.09. The molecule has 0 aromatic carbocycles. The molecule has 1 N–H and O–H groups in total. The van der Waals surface area contributed by atoms with Gasteiger partial charge in [0.05, 0.1) is 0 Å². The fraction of sp³-hybridized carbons (Fsp3) is 0.875. The van der Waals surface area contributed by atoms with Crippen LogP contribution in [-0.4, -0.2) is 36.5 Å². The highest BCUT2D eigenvalue weighted by molar-refractivity contribution is 5.73. The van der Waals surface area contributed by atoms with Gasteiger partial charge in [0.1, 0.15) is 0 Å². The Morgan fingerprint density at radius 2 is 2.36 bits per heavy atom. The topological polar surface area (TPSA) is 32.3 Å². The number of carbonyl (C=O) groups excluding carboxylic acids is 1. The van der Waals surface area contributed by atoms with E-state index < -0.39 is 0 Å². The molecule has 2 aliphatic rings. The molecule has 2 heterocycles. The van der Waals surface area contributed by atoms with Crippen LogP contribution >= 0.6 is 0 Å². The zero-order chi connectivity index (χ0) is 7.84. The molecule has 11 heavy (non-hydrogen) atoms. The number of hydrogen-bond acceptors (Lipinski definition) is 2. The summed E-state index contributed by atoms with van der Waals surface area (Å²) in [6.07, 6.45) is 1.27. The van der Waals surface area contributed by atoms with E-state index in [0.29, 0.717) is 6.04 Å². The molecule has 0 unspecified atom stereocenters. The van der Waals surface area contributed by atoms with Crippen molar-refractivity contribution in [3.8, 4) is 0 Å². The van der Waals surface area contributed by atoms with Gasteiger partial charge in [0.2, 0.25) is 5.91 Å². The first-order valence-electron chi connectivity index (χ1n) is 4.24. The lowest BCUT2D eigenvalue weighted by molar-refractivity contribution is -0.130. The van der Waals surface area contributed by atoms with Crippen molar-refractivity contribution >= 4 is 5.91 Å². The van der Waals surface area contributed by atoms with Gasteiger partial charge in [0, 0.05) is 32.6 Å². The van der Waals surface area contributed by atoms with E-state index in [4.69, 9.17) is 0 Å². The van der Waals surface area contributed by atoms with Crippen LogP contribution in [0.2, 0.25) is 0 Å². The van der Waals surface area contributed by atoms with Crippen molar-refractivity contribution in [3.63, 3.8) is 0 Å². The molecule has 0 spiro atoms. The van der Waals surface area contributed by atoms with Gasteiger partial charge in [0.15, 0.2) is 0 Å². The molecule has 2 saturated heterocycles. The van der Waals surface area contributed by atoms with E-state index in [-0.39, 0.29) is 5.91 Å². The Hall–Kier alpha value is -0.570. The Kier molecular flexibility index (Phi) is 1.60. The van der Waals surface area contributed by atoms with Gasteiger partial charge < -0.3 is 10.2 Å². The Balaban J connectivity index is 2.02. The zero-order valence-electron chi connectivity index (χ0n) is 6.84. The van der Waals surface area contributed by atoms with Crippen molar-refractivity contribution in [2.75, 3.05) is 19.6 Å². The van der Waals surface area contributed by atoms with E-state index >= 15 is 0 Å². The molecule has 2 rings (SSSR count). The lowest BCUT2D eigenvalue weighted by Crippen LogP contribution is -2.43. The normalized spacial score (nSPS) is 35.9. The predicted molar refractivity (Wildman–Crippen MR) is 42.2 cm³/mol. The molecule has 2 aliphatic heterocycles. The number of carbonyl (C=O) groups is 1. The third kappa shape index (κ3) is 1.25. The van der Waals surface area contributed by atoms with Crippen LogP contribution in [0.3, 0.4) is 0 Å². The first-order valence-corrected chi connectivity index (χ1v) is 4.24. The predicted octanol–water partition coefficient (Wildman–Crippen LogP) is -0.173. The quantitative estimate of drug-likeness (QED) is 0.525. The molecule has 62 valence electrons. The highest BCUT2D eigenvalue weighted by Crippen LogP contribution is 2.21. The van der Waals surface area contributed by atoms with Gasteiger partial charge in [-0.25, -0.2) is 0 Å². The van der Waals surface area contributed by atoms with Crippen molar-refractivity contribution < 1.29 is 4.79 Å². The number of likely N-dealkylation sites (tertiary alicyclic amines) is 1. The summed E-state index contributed by atoms with van der Waals surface area (Å²) in [4.78, 5) is 13.0. The third-order valence-corrected chi connectivity index (χ3v) is 2.68. The van der Waals surface area contributed by atoms with E-state index in [1.165, 1.54) is 6.42 Å². The molecule has 2 bridgehead atoms. The fourth-order valence-electron chi connectivity index (χ4n) is 2.09. The number of nitrogens with zero attached hydrogens (tertiary/aromatic N) is 1. The number of rotatable bonds is 0. The molecular formula is C8H14N2O. The minimum Gasteiger partial charge on any atom is -0.341 e. The van der Waals surface area contributed by atoms with Crippen LogP contribution in [0, 0.1) is 5.92 Å². The van der Waals surface area contributed by atoms with E-state index in [1.54, 1.807) is 6.92 Å². The maximum Gasteiger partial charge on any atom is 0.219 e. The van der Waals surface area contributed by atoms with Gasteiger partial charge in [-0.1, -0.05) is 0 Å². The van der Waals surface area contributed by atoms with Crippen LogP contribution < -0.4 is 5.32 Å². The molecule has 2 atom stereocenters. The van der Waals surface area contributed by atoms with Crippen LogP contribution in [0.1, 0.15) is 13.3 Å². The molecule has 0 aromatic rings. The van der Waals surface area contributed by atoms with Crippen molar-refractivity contribution in [2.45, 2.75) is 19.4 Å². The molecule has 1 amide bonds. The SMILES string of the molecule is CC(=O)N1C[C@H]2CN[C@H](C2)C1. The van der Waals surface area contributed by atoms with Crippen molar-refractivity contribution in [1.29, 1.82) is 0 Å². The maximum absolute atomic E-state index is 11.0. The van der Waals surface area contributed by atoms with E-state index in [0.717, 1.165) is 25.6 Å². The number of amides is 1. The number of fused-ring (bicyclic) bond motifs is 2. The average Bonchev–Trinajstić information content (AvgIpc) is 2.30. The Labute approximate surface area is 66.8 Å². The molecule has 2 fully saturated rings. The smallest absolute Gasteiger partial charge is 0.219 e. The number of piperidine rings is 1. The third-order valence-electron chi connectivity index (χ3n) is 2.68. The van der Waals surface area contributed by atoms with Gasteiger partial charge in [0.25, 0.3) is 0 Å². The summed E-state index contributed by atoms with van der Waals surface area (Å²) in [5.74, 6) is 0.945. The summed E-state index contributed by atoms with van der Waals surface area (Å²) in [6.45, 7) is 4.66. The van der Waals surface area contributed by atoms with Crippen LogP contribution in [0.5, 0.6) is 0 Å². The van der Waals surface area contributed by atoms with Gasteiger partial charge in [-0.15, -0.1) is 0 Å². The summed E-state index contributed by atoms with van der Waals surface area (Å²) in [6, 6.07) is 0.581. The highest BCUT2D eigenvalue weighted by atomic mass is 16.2. The summed E-state index contributed by atoms with van der Waals surface area (Å²) >= 11 is 0. The van der Waals surface area contributed by atoms with Crippen LogP contribution in [-0.2, 0) is 4.79 Å². The molecule has 3 nitrogen and oxygen atoms in total. The van der Waals surface area contributed by atoms with Crippen molar-refractivity contribution in [2.24, 2.45) is 5.92 Å². The maximum atomic E-state index is 11.0. The lowest BCUT2D eigenvalue weighted by atomic mass is 10.0. The average molecular weight is 154 g/mol. The Bertz CT molecular complexity index is 169. The largest absolute Gasteiger partial charge is 0.341 e. The molecule has 0 saturated carbocycles.